The maximum Gasteiger partial charge on any atom is 0.149 e. The van der Waals surface area contributed by atoms with Crippen LogP contribution in [0.2, 0.25) is 0 Å². The van der Waals surface area contributed by atoms with Gasteiger partial charge < -0.3 is 5.32 Å². The number of aliphatic imine (C=N–C) groups is 1. The fraction of sp³-hybridized carbons (Fsp3) is 0.364. The van der Waals surface area contributed by atoms with Crippen molar-refractivity contribution in [2.75, 3.05) is 11.9 Å². The Balaban J connectivity index is 2.13. The Bertz CT molecular complexity index is 388. The highest BCUT2D eigenvalue weighted by Gasteiger charge is 2.08. The summed E-state index contributed by atoms with van der Waals surface area (Å²) in [6.07, 6.45) is 2.97. The van der Waals surface area contributed by atoms with Crippen LogP contribution in [0.4, 0.5) is 14.5 Å². The van der Waals surface area contributed by atoms with Gasteiger partial charge in [0, 0.05) is 19.0 Å². The van der Waals surface area contributed by atoms with Crippen LogP contribution in [0.25, 0.3) is 0 Å². The van der Waals surface area contributed by atoms with E-state index in [9.17, 15) is 8.78 Å². The van der Waals surface area contributed by atoms with Crippen LogP contribution in [-0.2, 0) is 0 Å². The van der Waals surface area contributed by atoms with Crippen LogP contribution in [0.5, 0.6) is 0 Å². The molecule has 0 aliphatic carbocycles. The van der Waals surface area contributed by atoms with Crippen molar-refractivity contribution >= 4 is 11.5 Å². The molecule has 2 rings (SSSR count). The fourth-order valence-electron chi connectivity index (χ4n) is 1.55. The summed E-state index contributed by atoms with van der Waals surface area (Å²) in [4.78, 5) is 4.23. The Morgan fingerprint density at radius 2 is 2.07 bits per heavy atom. The number of halogens is 2. The molecular formula is C11H12F2N2. The number of anilines is 1. The molecular weight excluding hydrogens is 198 g/mol. The van der Waals surface area contributed by atoms with E-state index < -0.39 is 11.6 Å². The topological polar surface area (TPSA) is 24.4 Å². The number of amidine groups is 1. The molecule has 1 aromatic rings. The second-order valence-corrected chi connectivity index (χ2v) is 3.53. The predicted octanol–water partition coefficient (Wildman–Crippen LogP) is 2.96. The van der Waals surface area contributed by atoms with E-state index in [1.54, 1.807) is 0 Å². The van der Waals surface area contributed by atoms with Crippen molar-refractivity contribution in [3.63, 3.8) is 0 Å². The van der Waals surface area contributed by atoms with Crippen molar-refractivity contribution in [1.29, 1.82) is 0 Å². The highest BCUT2D eigenvalue weighted by molar-refractivity contribution is 5.95. The minimum absolute atomic E-state index is 0.289. The maximum absolute atomic E-state index is 13.2. The molecule has 0 amide bonds. The van der Waals surface area contributed by atoms with Crippen LogP contribution in [-0.4, -0.2) is 12.4 Å². The molecule has 80 valence electrons. The summed E-state index contributed by atoms with van der Waals surface area (Å²) < 4.78 is 25.9. The Morgan fingerprint density at radius 1 is 1.20 bits per heavy atom. The second kappa shape index (κ2) is 4.38. The fourth-order valence-corrected chi connectivity index (χ4v) is 1.55. The van der Waals surface area contributed by atoms with Gasteiger partial charge in [0.25, 0.3) is 0 Å². The zero-order valence-corrected chi connectivity index (χ0v) is 8.26. The Kier molecular flexibility index (Phi) is 2.94. The molecule has 2 nitrogen and oxygen atoms in total. The monoisotopic (exact) mass is 210 g/mol. The smallest absolute Gasteiger partial charge is 0.149 e. The SMILES string of the molecule is Fc1ccc(NC2=NCCCC2)c(F)c1. The van der Waals surface area contributed by atoms with Gasteiger partial charge in [-0.25, -0.2) is 8.78 Å². The van der Waals surface area contributed by atoms with Crippen molar-refractivity contribution in [3.8, 4) is 0 Å². The van der Waals surface area contributed by atoms with E-state index >= 15 is 0 Å². The third-order valence-electron chi connectivity index (χ3n) is 2.33. The van der Waals surface area contributed by atoms with Crippen molar-refractivity contribution in [2.45, 2.75) is 19.3 Å². The van der Waals surface area contributed by atoms with Crippen LogP contribution in [0, 0.1) is 11.6 Å². The minimum atomic E-state index is -0.580. The van der Waals surface area contributed by atoms with Gasteiger partial charge in [0.1, 0.15) is 17.5 Å². The lowest BCUT2D eigenvalue weighted by Crippen LogP contribution is -2.16. The first-order valence-corrected chi connectivity index (χ1v) is 5.01. The summed E-state index contributed by atoms with van der Waals surface area (Å²) in [6.45, 7) is 0.783. The molecule has 0 bridgehead atoms. The zero-order chi connectivity index (χ0) is 10.7. The van der Waals surface area contributed by atoms with E-state index in [-0.39, 0.29) is 5.69 Å². The van der Waals surface area contributed by atoms with Crippen molar-refractivity contribution in [3.05, 3.63) is 29.8 Å². The predicted molar refractivity (Wildman–Crippen MR) is 56.1 cm³/mol. The summed E-state index contributed by atoms with van der Waals surface area (Å²) in [5.41, 5.74) is 0.289. The molecule has 0 radical (unpaired) electrons. The molecule has 15 heavy (non-hydrogen) atoms. The average Bonchev–Trinajstić information content (AvgIpc) is 2.24. The Morgan fingerprint density at radius 3 is 2.73 bits per heavy atom. The van der Waals surface area contributed by atoms with Gasteiger partial charge >= 0.3 is 0 Å². The van der Waals surface area contributed by atoms with Crippen LogP contribution in [0.1, 0.15) is 19.3 Å². The maximum atomic E-state index is 13.2. The first kappa shape index (κ1) is 10.1. The number of hydrogen-bond acceptors (Lipinski definition) is 2. The van der Waals surface area contributed by atoms with Gasteiger partial charge in [-0.2, -0.15) is 0 Å². The summed E-state index contributed by atoms with van der Waals surface area (Å²) in [7, 11) is 0. The quantitative estimate of drug-likeness (QED) is 0.757. The zero-order valence-electron chi connectivity index (χ0n) is 8.26. The van der Waals surface area contributed by atoms with Crippen LogP contribution in [0.15, 0.2) is 23.2 Å². The van der Waals surface area contributed by atoms with E-state index in [0.717, 1.165) is 37.7 Å². The average molecular weight is 210 g/mol. The molecule has 0 aromatic heterocycles. The highest BCUT2D eigenvalue weighted by atomic mass is 19.1. The molecule has 4 heteroatoms. The molecule has 0 unspecified atom stereocenters. The second-order valence-electron chi connectivity index (χ2n) is 3.53. The summed E-state index contributed by atoms with van der Waals surface area (Å²) in [6, 6.07) is 3.49. The molecule has 0 saturated carbocycles. The Labute approximate surface area is 87.0 Å². The van der Waals surface area contributed by atoms with Gasteiger partial charge in [0.15, 0.2) is 0 Å². The highest BCUT2D eigenvalue weighted by Crippen LogP contribution is 2.17. The molecule has 0 fully saturated rings. The molecule has 1 heterocycles. The van der Waals surface area contributed by atoms with E-state index in [1.165, 1.54) is 12.1 Å². The van der Waals surface area contributed by atoms with Crippen LogP contribution in [0.3, 0.4) is 0 Å². The third-order valence-corrected chi connectivity index (χ3v) is 2.33. The van der Waals surface area contributed by atoms with Gasteiger partial charge in [-0.3, -0.25) is 4.99 Å². The van der Waals surface area contributed by atoms with Gasteiger partial charge in [0.05, 0.1) is 5.69 Å². The first-order valence-electron chi connectivity index (χ1n) is 5.01. The summed E-state index contributed by atoms with van der Waals surface area (Å²) in [5, 5.41) is 2.88. The first-order chi connectivity index (χ1) is 7.25. The molecule has 1 aliphatic rings. The van der Waals surface area contributed by atoms with Crippen LogP contribution >= 0.6 is 0 Å². The molecule has 0 saturated heterocycles. The largest absolute Gasteiger partial charge is 0.342 e. The normalized spacial score (nSPS) is 16.0. The van der Waals surface area contributed by atoms with Gasteiger partial charge in [0.2, 0.25) is 0 Å². The molecule has 1 N–H and O–H groups in total. The lowest BCUT2D eigenvalue weighted by Gasteiger charge is -2.14. The van der Waals surface area contributed by atoms with E-state index in [2.05, 4.69) is 10.3 Å². The number of nitrogens with zero attached hydrogens (tertiary/aromatic N) is 1. The number of rotatable bonds is 1. The molecule has 0 spiro atoms. The molecule has 1 aromatic carbocycles. The number of hydrogen-bond donors (Lipinski definition) is 1. The van der Waals surface area contributed by atoms with E-state index in [4.69, 9.17) is 0 Å². The van der Waals surface area contributed by atoms with Gasteiger partial charge in [-0.15, -0.1) is 0 Å². The molecule has 0 atom stereocenters. The van der Waals surface area contributed by atoms with E-state index in [1.807, 2.05) is 0 Å². The summed E-state index contributed by atoms with van der Waals surface area (Å²) in [5.74, 6) is -0.362. The van der Waals surface area contributed by atoms with Crippen molar-refractivity contribution in [2.24, 2.45) is 4.99 Å². The lowest BCUT2D eigenvalue weighted by atomic mass is 10.2. The third kappa shape index (κ3) is 2.52. The molecule has 1 aliphatic heterocycles. The standard InChI is InChI=1S/C11H12F2N2/c12-8-4-5-10(9(13)7-8)15-11-3-1-2-6-14-11/h4-5,7H,1-3,6H2,(H,14,15). The van der Waals surface area contributed by atoms with E-state index in [0.29, 0.717) is 0 Å². The van der Waals surface area contributed by atoms with Crippen molar-refractivity contribution < 1.29 is 8.78 Å². The van der Waals surface area contributed by atoms with Gasteiger partial charge in [-0.05, 0) is 25.0 Å². The number of nitrogens with one attached hydrogen (secondary N) is 1. The minimum Gasteiger partial charge on any atom is -0.342 e. The van der Waals surface area contributed by atoms with Crippen LogP contribution < -0.4 is 5.32 Å². The summed E-state index contributed by atoms with van der Waals surface area (Å²) >= 11 is 0. The Hall–Kier alpha value is -1.45. The number of benzene rings is 1. The van der Waals surface area contributed by atoms with Crippen molar-refractivity contribution in [1.82, 2.24) is 0 Å². The van der Waals surface area contributed by atoms with Gasteiger partial charge in [-0.1, -0.05) is 0 Å². The lowest BCUT2D eigenvalue weighted by molar-refractivity contribution is 0.586.